The first kappa shape index (κ1) is 16.7. The van der Waals surface area contributed by atoms with Crippen LogP contribution < -0.4 is 5.43 Å². The van der Waals surface area contributed by atoms with Gasteiger partial charge >= 0.3 is 5.97 Å². The predicted molar refractivity (Wildman–Crippen MR) is 91.9 cm³/mol. The van der Waals surface area contributed by atoms with E-state index in [-0.39, 0.29) is 11.8 Å². The number of nitrogens with zero attached hydrogens (tertiary/aromatic N) is 2. The Balaban J connectivity index is 1.90. The molecule has 0 spiro atoms. The molecule has 6 heteroatoms. The van der Waals surface area contributed by atoms with E-state index in [1.807, 2.05) is 0 Å². The van der Waals surface area contributed by atoms with E-state index in [1.165, 1.54) is 12.5 Å². The van der Waals surface area contributed by atoms with Crippen LogP contribution in [0.3, 0.4) is 0 Å². The molecule has 1 heterocycles. The molecule has 0 aliphatic heterocycles. The van der Waals surface area contributed by atoms with Crippen molar-refractivity contribution >= 4 is 17.6 Å². The van der Waals surface area contributed by atoms with E-state index in [2.05, 4.69) is 5.10 Å². The third kappa shape index (κ3) is 3.67. The molecule has 5 nitrogen and oxygen atoms in total. The van der Waals surface area contributed by atoms with E-state index in [4.69, 9.17) is 16.3 Å². The second-order valence-corrected chi connectivity index (χ2v) is 6.49. The van der Waals surface area contributed by atoms with Crippen LogP contribution in [0.25, 0.3) is 5.69 Å². The lowest BCUT2D eigenvalue weighted by Crippen LogP contribution is -2.28. The zero-order chi connectivity index (χ0) is 17.1. The fourth-order valence-corrected chi connectivity index (χ4v) is 3.05. The normalized spacial score (nSPS) is 15.2. The first-order valence-corrected chi connectivity index (χ1v) is 8.50. The first-order valence-electron chi connectivity index (χ1n) is 8.12. The SMILES string of the molecule is Cc1cc(=O)c(C(=O)OC2CCCCC2)nn1-c1ccc(Cl)cc1. The van der Waals surface area contributed by atoms with Gasteiger partial charge in [0, 0.05) is 16.8 Å². The van der Waals surface area contributed by atoms with E-state index in [9.17, 15) is 9.59 Å². The minimum absolute atomic E-state index is 0.113. The molecule has 1 aromatic heterocycles. The summed E-state index contributed by atoms with van der Waals surface area (Å²) in [7, 11) is 0. The van der Waals surface area contributed by atoms with Gasteiger partial charge in [0.1, 0.15) is 6.10 Å². The summed E-state index contributed by atoms with van der Waals surface area (Å²) in [5.41, 5.74) is 0.764. The maximum absolute atomic E-state index is 12.4. The molecule has 1 fully saturated rings. The van der Waals surface area contributed by atoms with Crippen LogP contribution >= 0.6 is 11.6 Å². The molecule has 0 unspecified atom stereocenters. The molecule has 0 atom stereocenters. The first-order chi connectivity index (χ1) is 11.5. The molecule has 3 rings (SSSR count). The van der Waals surface area contributed by atoms with Crippen LogP contribution in [0.15, 0.2) is 35.1 Å². The Kier molecular flexibility index (Phi) is 5.00. The van der Waals surface area contributed by atoms with Crippen molar-refractivity contribution in [2.45, 2.75) is 45.1 Å². The lowest BCUT2D eigenvalue weighted by molar-refractivity contribution is 0.0200. The number of halogens is 1. The fourth-order valence-electron chi connectivity index (χ4n) is 2.92. The van der Waals surface area contributed by atoms with Crippen molar-refractivity contribution in [1.29, 1.82) is 0 Å². The molecule has 2 aromatic rings. The van der Waals surface area contributed by atoms with Gasteiger partial charge in [-0.05, 0) is 56.9 Å². The number of hydrogen-bond acceptors (Lipinski definition) is 4. The molecular weight excluding hydrogens is 328 g/mol. The number of ether oxygens (including phenoxy) is 1. The van der Waals surface area contributed by atoms with Crippen LogP contribution in [0.1, 0.15) is 48.3 Å². The molecule has 24 heavy (non-hydrogen) atoms. The Bertz CT molecular complexity index is 793. The van der Waals surface area contributed by atoms with Crippen LogP contribution in [0.2, 0.25) is 5.02 Å². The highest BCUT2D eigenvalue weighted by Crippen LogP contribution is 2.21. The Labute approximate surface area is 145 Å². The summed E-state index contributed by atoms with van der Waals surface area (Å²) in [5, 5.41) is 4.83. The minimum atomic E-state index is -0.644. The Hall–Kier alpha value is -2.14. The van der Waals surface area contributed by atoms with E-state index in [1.54, 1.807) is 35.9 Å². The second-order valence-electron chi connectivity index (χ2n) is 6.05. The third-order valence-electron chi connectivity index (χ3n) is 4.20. The molecule has 126 valence electrons. The fraction of sp³-hybridized carbons (Fsp3) is 0.389. The standard InChI is InChI=1S/C18H19ClN2O3/c1-12-11-16(22)17(18(23)24-15-5-3-2-4-6-15)20-21(12)14-9-7-13(19)8-10-14/h7-11,15H,2-6H2,1H3. The minimum Gasteiger partial charge on any atom is -0.458 e. The highest BCUT2D eigenvalue weighted by molar-refractivity contribution is 6.30. The number of aryl methyl sites for hydroxylation is 1. The lowest BCUT2D eigenvalue weighted by atomic mass is 9.98. The van der Waals surface area contributed by atoms with Crippen molar-refractivity contribution in [3.63, 3.8) is 0 Å². The zero-order valence-corrected chi connectivity index (χ0v) is 14.3. The molecule has 0 amide bonds. The predicted octanol–water partition coefficient (Wildman–Crippen LogP) is 3.68. The summed E-state index contributed by atoms with van der Waals surface area (Å²) in [6.07, 6.45) is 4.85. The average molecular weight is 347 g/mol. The number of aromatic nitrogens is 2. The summed E-state index contributed by atoms with van der Waals surface area (Å²) >= 11 is 5.90. The second kappa shape index (κ2) is 7.18. The summed E-state index contributed by atoms with van der Waals surface area (Å²) in [5.74, 6) is -0.644. The monoisotopic (exact) mass is 346 g/mol. The quantitative estimate of drug-likeness (QED) is 0.795. The van der Waals surface area contributed by atoms with Gasteiger partial charge in [-0.1, -0.05) is 18.0 Å². The van der Waals surface area contributed by atoms with E-state index >= 15 is 0 Å². The number of carbonyl (C=O) groups excluding carboxylic acids is 1. The van der Waals surface area contributed by atoms with Crippen molar-refractivity contribution in [1.82, 2.24) is 9.78 Å². The van der Waals surface area contributed by atoms with Crippen molar-refractivity contribution < 1.29 is 9.53 Å². The Morgan fingerprint density at radius 3 is 2.54 bits per heavy atom. The van der Waals surface area contributed by atoms with Gasteiger partial charge < -0.3 is 4.74 Å². The van der Waals surface area contributed by atoms with Gasteiger partial charge in [0.05, 0.1) is 5.69 Å². The zero-order valence-electron chi connectivity index (χ0n) is 13.5. The third-order valence-corrected chi connectivity index (χ3v) is 4.45. The van der Waals surface area contributed by atoms with Gasteiger partial charge in [0.2, 0.25) is 11.1 Å². The molecule has 0 radical (unpaired) electrons. The summed E-state index contributed by atoms with van der Waals surface area (Å²) in [6, 6.07) is 8.43. The van der Waals surface area contributed by atoms with Crippen molar-refractivity contribution in [3.8, 4) is 5.69 Å². The van der Waals surface area contributed by atoms with Gasteiger partial charge in [0.25, 0.3) is 0 Å². The van der Waals surface area contributed by atoms with Crippen LogP contribution in [-0.2, 0) is 4.74 Å². The molecule has 1 saturated carbocycles. The highest BCUT2D eigenvalue weighted by Gasteiger charge is 2.22. The van der Waals surface area contributed by atoms with Crippen LogP contribution in [0.5, 0.6) is 0 Å². The van der Waals surface area contributed by atoms with E-state index in [0.29, 0.717) is 10.7 Å². The topological polar surface area (TPSA) is 61.2 Å². The molecule has 0 bridgehead atoms. The van der Waals surface area contributed by atoms with E-state index in [0.717, 1.165) is 31.4 Å². The Morgan fingerprint density at radius 2 is 1.88 bits per heavy atom. The van der Waals surface area contributed by atoms with Crippen LogP contribution in [0, 0.1) is 6.92 Å². The maximum Gasteiger partial charge on any atom is 0.363 e. The van der Waals surface area contributed by atoms with Crippen molar-refractivity contribution in [3.05, 3.63) is 57.0 Å². The van der Waals surface area contributed by atoms with Gasteiger partial charge in [-0.3, -0.25) is 4.79 Å². The summed E-state index contributed by atoms with van der Waals surface area (Å²) in [4.78, 5) is 24.5. The Morgan fingerprint density at radius 1 is 1.21 bits per heavy atom. The molecule has 0 N–H and O–H groups in total. The van der Waals surface area contributed by atoms with E-state index < -0.39 is 11.4 Å². The van der Waals surface area contributed by atoms with Crippen LogP contribution in [0.4, 0.5) is 0 Å². The van der Waals surface area contributed by atoms with Crippen molar-refractivity contribution in [2.75, 3.05) is 0 Å². The van der Waals surface area contributed by atoms with Crippen LogP contribution in [-0.4, -0.2) is 21.9 Å². The number of rotatable bonds is 3. The molecule has 1 aliphatic rings. The number of esters is 1. The summed E-state index contributed by atoms with van der Waals surface area (Å²) in [6.45, 7) is 1.76. The lowest BCUT2D eigenvalue weighted by Gasteiger charge is -2.21. The maximum atomic E-state index is 12.4. The van der Waals surface area contributed by atoms with Gasteiger partial charge in [-0.25, -0.2) is 9.48 Å². The van der Waals surface area contributed by atoms with Gasteiger partial charge in [0.15, 0.2) is 0 Å². The molecule has 0 saturated heterocycles. The number of carbonyl (C=O) groups is 1. The number of benzene rings is 1. The largest absolute Gasteiger partial charge is 0.458 e. The van der Waals surface area contributed by atoms with Gasteiger partial charge in [-0.2, -0.15) is 5.10 Å². The molecule has 1 aliphatic carbocycles. The highest BCUT2D eigenvalue weighted by atomic mass is 35.5. The van der Waals surface area contributed by atoms with Gasteiger partial charge in [-0.15, -0.1) is 0 Å². The number of hydrogen-bond donors (Lipinski definition) is 0. The smallest absolute Gasteiger partial charge is 0.363 e. The molecular formula is C18H19ClN2O3. The summed E-state index contributed by atoms with van der Waals surface area (Å²) < 4.78 is 7.02. The molecule has 1 aromatic carbocycles. The average Bonchev–Trinajstić information content (AvgIpc) is 2.57. The van der Waals surface area contributed by atoms with Crippen molar-refractivity contribution in [2.24, 2.45) is 0 Å².